The van der Waals surface area contributed by atoms with Gasteiger partial charge >= 0.3 is 5.97 Å². The fraction of sp³-hybridized carbons (Fsp3) is 0.222. The van der Waals surface area contributed by atoms with Crippen LogP contribution >= 0.6 is 113 Å². The Labute approximate surface area is 168 Å². The molecule has 0 bridgehead atoms. The molecule has 0 aliphatic heterocycles. The number of alkyl halides is 4. The van der Waals surface area contributed by atoms with E-state index in [1.165, 1.54) is 0 Å². The van der Waals surface area contributed by atoms with Gasteiger partial charge in [-0.15, -0.1) is 0 Å². The van der Waals surface area contributed by atoms with Gasteiger partial charge < -0.3 is 5.11 Å². The van der Waals surface area contributed by atoms with E-state index in [-0.39, 0.29) is 0 Å². The molecule has 0 aliphatic carbocycles. The van der Waals surface area contributed by atoms with Gasteiger partial charge in [-0.05, 0) is 34.7 Å². The minimum absolute atomic E-state index is 0.482. The molecule has 0 aromatic heterocycles. The van der Waals surface area contributed by atoms with Crippen molar-refractivity contribution in [2.45, 2.75) is 2.98 Å². The first-order valence-corrected chi connectivity index (χ1v) is 9.49. The molecule has 0 amide bonds. The summed E-state index contributed by atoms with van der Waals surface area (Å²) in [7, 11) is 0. The van der Waals surface area contributed by atoms with Crippen molar-refractivity contribution in [3.63, 3.8) is 0 Å². The quantitative estimate of drug-likeness (QED) is 0.202. The third-order valence-corrected chi connectivity index (χ3v) is 11.3. The Bertz CT molecular complexity index is 408. The Morgan fingerprint density at radius 2 is 1.59 bits per heavy atom. The van der Waals surface area contributed by atoms with Gasteiger partial charge in [-0.25, -0.2) is 4.79 Å². The van der Waals surface area contributed by atoms with E-state index in [9.17, 15) is 9.90 Å². The number of rotatable bonds is 4. The maximum atomic E-state index is 11.6. The van der Waals surface area contributed by atoms with Gasteiger partial charge in [-0.3, -0.25) is 3.11 Å². The van der Waals surface area contributed by atoms with Crippen molar-refractivity contribution in [3.05, 3.63) is 30.3 Å². The van der Waals surface area contributed by atoms with Crippen LogP contribution in [0.5, 0.6) is 0 Å². The number of benzene rings is 1. The summed E-state index contributed by atoms with van der Waals surface area (Å²) >= 11 is 10.5. The standard InChI is InChI=1S/C9H6I5NO2/c10-8(7(16)17,9(11,12)13)15(14)6-4-2-1-3-5-6/h1-5H,(H,16,17)/t8-/m1/s1. The number of carbonyl (C=O) groups is 1. The predicted molar refractivity (Wildman–Crippen MR) is 112 cm³/mol. The number of halogens is 5. The molecule has 3 nitrogen and oxygen atoms in total. The molecule has 0 radical (unpaired) electrons. The lowest BCUT2D eigenvalue weighted by molar-refractivity contribution is -0.138. The van der Waals surface area contributed by atoms with Crippen LogP contribution in [0, 0.1) is 0 Å². The van der Waals surface area contributed by atoms with Crippen LogP contribution in [-0.2, 0) is 4.79 Å². The number of hydrogen-bond acceptors (Lipinski definition) is 2. The number of hydrogen-bond donors (Lipinski definition) is 1. The van der Waals surface area contributed by atoms with Gasteiger partial charge in [-0.2, -0.15) is 0 Å². The smallest absolute Gasteiger partial charge is 0.343 e. The molecule has 0 unspecified atom stereocenters. The van der Waals surface area contributed by atoms with Crippen LogP contribution in [0.2, 0.25) is 0 Å². The molecule has 1 rings (SSSR count). The molecule has 0 saturated carbocycles. The maximum absolute atomic E-state index is 11.6. The second-order valence-electron chi connectivity index (χ2n) is 3.04. The van der Waals surface area contributed by atoms with E-state index in [1.807, 2.05) is 52.9 Å². The molecular formula is C9H6I5NO2. The SMILES string of the molecule is O=C(O)[C@@](I)(N(I)c1ccccc1)C(I)(I)I. The first kappa shape index (κ1) is 17.2. The van der Waals surface area contributed by atoms with E-state index < -0.39 is 8.95 Å². The second kappa shape index (κ2) is 6.73. The molecule has 94 valence electrons. The molecule has 1 atom stereocenters. The van der Waals surface area contributed by atoms with Crippen molar-refractivity contribution in [3.8, 4) is 0 Å². The minimum atomic E-state index is -1.03. The first-order valence-electron chi connectivity index (χ1n) is 4.21. The fourth-order valence-electron chi connectivity index (χ4n) is 1.05. The Morgan fingerprint density at radius 3 is 1.94 bits per heavy atom. The summed E-state index contributed by atoms with van der Waals surface area (Å²) in [5.41, 5.74) is 0.874. The molecule has 8 heteroatoms. The number of carboxylic acid groups (broad SMARTS) is 1. The molecule has 0 aliphatic rings. The van der Waals surface area contributed by atoms with E-state index in [4.69, 9.17) is 0 Å². The summed E-state index contributed by atoms with van der Waals surface area (Å²) in [6.45, 7) is 0. The van der Waals surface area contributed by atoms with E-state index in [1.54, 1.807) is 3.11 Å². The topological polar surface area (TPSA) is 40.5 Å². The zero-order valence-electron chi connectivity index (χ0n) is 8.08. The van der Waals surface area contributed by atoms with Crippen molar-refractivity contribution < 1.29 is 9.90 Å². The largest absolute Gasteiger partial charge is 0.479 e. The Morgan fingerprint density at radius 1 is 1.12 bits per heavy atom. The molecular weight excluding hydrogens is 789 g/mol. The van der Waals surface area contributed by atoms with Gasteiger partial charge in [-0.1, -0.05) is 86.0 Å². The molecule has 0 fully saturated rings. The Kier molecular flexibility index (Phi) is 6.81. The summed E-state index contributed by atoms with van der Waals surface area (Å²) in [4.78, 5) is 11.6. The van der Waals surface area contributed by atoms with Gasteiger partial charge in [0, 0.05) is 5.69 Å². The zero-order valence-corrected chi connectivity index (χ0v) is 18.9. The van der Waals surface area contributed by atoms with Crippen LogP contribution in [0.15, 0.2) is 30.3 Å². The van der Waals surface area contributed by atoms with Crippen LogP contribution in [0.3, 0.4) is 0 Å². The molecule has 1 aromatic rings. The third-order valence-electron chi connectivity index (χ3n) is 1.91. The lowest BCUT2D eigenvalue weighted by atomic mass is 10.2. The van der Waals surface area contributed by atoms with Gasteiger partial charge in [0.2, 0.25) is 3.55 Å². The van der Waals surface area contributed by atoms with Crippen LogP contribution in [0.25, 0.3) is 0 Å². The van der Waals surface area contributed by atoms with Crippen molar-refractivity contribution >= 4 is 125 Å². The van der Waals surface area contributed by atoms with Crippen molar-refractivity contribution in [1.29, 1.82) is 0 Å². The van der Waals surface area contributed by atoms with E-state index in [0.717, 1.165) is 5.69 Å². The molecule has 1 N–H and O–H groups in total. The summed E-state index contributed by atoms with van der Waals surface area (Å²) in [6, 6.07) is 9.51. The van der Waals surface area contributed by atoms with Gasteiger partial charge in [0.15, 0.2) is -0.565 Å². The summed E-state index contributed by atoms with van der Waals surface area (Å²) in [5, 5.41) is 9.53. The average Bonchev–Trinajstić information content (AvgIpc) is 2.26. The maximum Gasteiger partial charge on any atom is 0.343 e. The molecule has 0 heterocycles. The highest BCUT2D eigenvalue weighted by molar-refractivity contribution is 14.3. The Hall–Kier alpha value is 2.14. The van der Waals surface area contributed by atoms with Crippen LogP contribution in [0.4, 0.5) is 5.69 Å². The summed E-state index contributed by atoms with van der Waals surface area (Å²) in [5.74, 6) is -0.852. The van der Waals surface area contributed by atoms with Gasteiger partial charge in [0.05, 0.1) is 22.9 Å². The van der Waals surface area contributed by atoms with Gasteiger partial charge in [0.25, 0.3) is 0 Å². The number of aliphatic carboxylic acids is 1. The van der Waals surface area contributed by atoms with Crippen molar-refractivity contribution in [2.75, 3.05) is 3.11 Å². The summed E-state index contributed by atoms with van der Waals surface area (Å²) in [6.07, 6.45) is 0. The molecule has 1 aromatic carbocycles. The molecule has 0 saturated heterocycles. The number of carboxylic acids is 1. The lowest BCUT2D eigenvalue weighted by Gasteiger charge is -2.38. The van der Waals surface area contributed by atoms with Crippen molar-refractivity contribution in [1.82, 2.24) is 0 Å². The van der Waals surface area contributed by atoms with E-state index >= 15 is 0 Å². The van der Waals surface area contributed by atoms with Crippen LogP contribution < -0.4 is 3.11 Å². The van der Waals surface area contributed by atoms with Crippen LogP contribution in [-0.4, -0.2) is 14.1 Å². The molecule has 17 heavy (non-hydrogen) atoms. The lowest BCUT2D eigenvalue weighted by Crippen LogP contribution is -2.53. The highest BCUT2D eigenvalue weighted by atomic mass is 127. The summed E-state index contributed by atoms with van der Waals surface area (Å²) < 4.78 is 0.247. The van der Waals surface area contributed by atoms with E-state index in [2.05, 4.69) is 90.6 Å². The number of para-hydroxylation sites is 1. The third kappa shape index (κ3) is 3.83. The highest BCUT2D eigenvalue weighted by Crippen LogP contribution is 2.54. The fourth-order valence-corrected chi connectivity index (χ4v) is 5.02. The Balaban J connectivity index is 3.23. The molecule has 0 spiro atoms. The normalized spacial score (nSPS) is 15.1. The first-order chi connectivity index (χ1) is 7.71. The zero-order chi connectivity index (χ0) is 13.3. The minimum Gasteiger partial charge on any atom is -0.479 e. The average molecular weight is 795 g/mol. The second-order valence-corrected chi connectivity index (χ2v) is 16.6. The van der Waals surface area contributed by atoms with Crippen molar-refractivity contribution in [2.24, 2.45) is 0 Å². The number of nitrogens with zero attached hydrogens (tertiary/aromatic N) is 1. The van der Waals surface area contributed by atoms with Gasteiger partial charge in [0.1, 0.15) is 0 Å². The van der Waals surface area contributed by atoms with Crippen LogP contribution in [0.1, 0.15) is 0 Å². The van der Waals surface area contributed by atoms with E-state index in [0.29, 0.717) is 0 Å². The highest BCUT2D eigenvalue weighted by Gasteiger charge is 2.55. The number of anilines is 1. The monoisotopic (exact) mass is 795 g/mol. The predicted octanol–water partition coefficient (Wildman–Crippen LogP) is 5.02.